The van der Waals surface area contributed by atoms with Crippen LogP contribution in [0.1, 0.15) is 49.9 Å². The minimum Gasteiger partial charge on any atom is -0.493 e. The summed E-state index contributed by atoms with van der Waals surface area (Å²) in [4.78, 5) is 15.0. The molecule has 0 unspecified atom stereocenters. The molecule has 3 rings (SSSR count). The topological polar surface area (TPSA) is 61.8 Å². The van der Waals surface area contributed by atoms with E-state index in [2.05, 4.69) is 24.1 Å². The molecule has 0 aromatic heterocycles. The normalized spacial score (nSPS) is 24.3. The molecule has 1 heterocycles. The molecule has 0 radical (unpaired) electrons. The van der Waals surface area contributed by atoms with E-state index in [9.17, 15) is 9.90 Å². The third-order valence-corrected chi connectivity index (χ3v) is 5.13. The van der Waals surface area contributed by atoms with Gasteiger partial charge in [0.2, 0.25) is 0 Å². The molecular weight excluding hydrogens is 328 g/mol. The summed E-state index contributed by atoms with van der Waals surface area (Å²) < 4.78 is 5.72. The van der Waals surface area contributed by atoms with Crippen molar-refractivity contribution in [2.24, 2.45) is 11.8 Å². The maximum atomic E-state index is 12.6. The molecule has 1 aliphatic heterocycles. The second kappa shape index (κ2) is 8.87. The molecular formula is C21H32N2O3. The van der Waals surface area contributed by atoms with E-state index in [1.54, 1.807) is 12.1 Å². The Morgan fingerprint density at radius 3 is 2.65 bits per heavy atom. The highest BCUT2D eigenvalue weighted by Crippen LogP contribution is 2.29. The van der Waals surface area contributed by atoms with Crippen LogP contribution in [0.5, 0.6) is 5.75 Å². The lowest BCUT2D eigenvalue weighted by atomic mass is 10.1. The molecule has 144 valence electrons. The zero-order valence-corrected chi connectivity index (χ0v) is 16.0. The Morgan fingerprint density at radius 1 is 1.27 bits per heavy atom. The van der Waals surface area contributed by atoms with Crippen LogP contribution >= 0.6 is 0 Å². The van der Waals surface area contributed by atoms with Crippen molar-refractivity contribution < 1.29 is 14.6 Å². The zero-order chi connectivity index (χ0) is 18.5. The molecule has 26 heavy (non-hydrogen) atoms. The number of nitrogens with zero attached hydrogens (tertiary/aromatic N) is 1. The van der Waals surface area contributed by atoms with Gasteiger partial charge >= 0.3 is 0 Å². The molecule has 2 aliphatic rings. The quantitative estimate of drug-likeness (QED) is 0.785. The van der Waals surface area contributed by atoms with Crippen molar-refractivity contribution in [1.82, 2.24) is 10.2 Å². The third kappa shape index (κ3) is 5.71. The van der Waals surface area contributed by atoms with E-state index in [0.29, 0.717) is 23.9 Å². The minimum absolute atomic E-state index is 0.130. The van der Waals surface area contributed by atoms with Crippen LogP contribution in [0, 0.1) is 11.8 Å². The van der Waals surface area contributed by atoms with Gasteiger partial charge in [-0.2, -0.15) is 0 Å². The number of nitrogens with one attached hydrogen (secondary N) is 1. The smallest absolute Gasteiger partial charge is 0.251 e. The molecule has 1 saturated heterocycles. The van der Waals surface area contributed by atoms with Gasteiger partial charge in [0.15, 0.2) is 0 Å². The summed E-state index contributed by atoms with van der Waals surface area (Å²) in [5.41, 5.74) is 0.607. The monoisotopic (exact) mass is 360 g/mol. The standard InChI is InChI=1S/C21H32N2O3/c1-15(2)12-23-11-3-4-20(24)19(13-23)22-21(25)17-7-9-18(10-8-17)26-14-16-5-6-16/h7-10,15-16,19-20,24H,3-6,11-14H2,1-2H3,(H,22,25)/t19-,20-/m1/s1. The summed E-state index contributed by atoms with van der Waals surface area (Å²) in [7, 11) is 0. The number of aliphatic hydroxyl groups is 1. The van der Waals surface area contributed by atoms with E-state index in [-0.39, 0.29) is 11.9 Å². The number of likely N-dealkylation sites (tertiary alicyclic amines) is 1. The number of ether oxygens (including phenoxy) is 1. The summed E-state index contributed by atoms with van der Waals surface area (Å²) in [6.45, 7) is 7.84. The molecule has 1 aromatic carbocycles. The number of carbonyl (C=O) groups is 1. The average Bonchev–Trinajstić information content (AvgIpc) is 3.43. The van der Waals surface area contributed by atoms with Crippen LogP contribution in [0.2, 0.25) is 0 Å². The van der Waals surface area contributed by atoms with E-state index < -0.39 is 6.10 Å². The molecule has 2 N–H and O–H groups in total. The van der Waals surface area contributed by atoms with Crippen LogP contribution in [0.4, 0.5) is 0 Å². The van der Waals surface area contributed by atoms with Crippen molar-refractivity contribution >= 4 is 5.91 Å². The van der Waals surface area contributed by atoms with Gasteiger partial charge in [-0.05, 0) is 68.3 Å². The largest absolute Gasteiger partial charge is 0.493 e. The van der Waals surface area contributed by atoms with Crippen molar-refractivity contribution in [2.45, 2.75) is 51.7 Å². The summed E-state index contributed by atoms with van der Waals surface area (Å²) in [5, 5.41) is 13.4. The number of hydrogen-bond donors (Lipinski definition) is 2. The van der Waals surface area contributed by atoms with Gasteiger partial charge in [-0.15, -0.1) is 0 Å². The zero-order valence-electron chi connectivity index (χ0n) is 16.0. The Balaban J connectivity index is 1.55. The summed E-state index contributed by atoms with van der Waals surface area (Å²) in [6.07, 6.45) is 3.73. The van der Waals surface area contributed by atoms with Gasteiger partial charge in [-0.25, -0.2) is 0 Å². The number of hydrogen-bond acceptors (Lipinski definition) is 4. The van der Waals surface area contributed by atoms with E-state index in [1.165, 1.54) is 12.8 Å². The molecule has 0 bridgehead atoms. The maximum absolute atomic E-state index is 12.6. The van der Waals surface area contributed by atoms with Crippen LogP contribution in [0.3, 0.4) is 0 Å². The minimum atomic E-state index is -0.489. The number of carbonyl (C=O) groups excluding carboxylic acids is 1. The molecule has 5 heteroatoms. The number of benzene rings is 1. The molecule has 1 amide bonds. The van der Waals surface area contributed by atoms with E-state index in [4.69, 9.17) is 4.74 Å². The van der Waals surface area contributed by atoms with E-state index >= 15 is 0 Å². The fourth-order valence-electron chi connectivity index (χ4n) is 3.49. The van der Waals surface area contributed by atoms with E-state index in [1.807, 2.05) is 12.1 Å². The van der Waals surface area contributed by atoms with Gasteiger partial charge in [0.05, 0.1) is 18.8 Å². The second-order valence-corrected chi connectivity index (χ2v) is 8.22. The molecule has 1 aliphatic carbocycles. The van der Waals surface area contributed by atoms with Crippen LogP contribution < -0.4 is 10.1 Å². The van der Waals surface area contributed by atoms with Gasteiger partial charge in [-0.3, -0.25) is 4.79 Å². The molecule has 5 nitrogen and oxygen atoms in total. The van der Waals surface area contributed by atoms with Crippen LogP contribution in [-0.2, 0) is 0 Å². The lowest BCUT2D eigenvalue weighted by Crippen LogP contribution is -2.49. The van der Waals surface area contributed by atoms with Crippen LogP contribution in [-0.4, -0.2) is 54.3 Å². The summed E-state index contributed by atoms with van der Waals surface area (Å²) in [6, 6.07) is 7.08. The molecule has 1 saturated carbocycles. The van der Waals surface area contributed by atoms with Crippen molar-refractivity contribution in [3.8, 4) is 5.75 Å². The lowest BCUT2D eigenvalue weighted by Gasteiger charge is -2.28. The highest BCUT2D eigenvalue weighted by Gasteiger charge is 2.27. The summed E-state index contributed by atoms with van der Waals surface area (Å²) in [5.74, 6) is 1.97. The Kier molecular flexibility index (Phi) is 6.54. The van der Waals surface area contributed by atoms with Gasteiger partial charge in [0, 0.05) is 18.7 Å². The first kappa shape index (κ1) is 19.2. The first-order valence-corrected chi connectivity index (χ1v) is 9.95. The molecule has 2 atom stereocenters. The second-order valence-electron chi connectivity index (χ2n) is 8.22. The van der Waals surface area contributed by atoms with Crippen molar-refractivity contribution in [1.29, 1.82) is 0 Å². The highest BCUT2D eigenvalue weighted by atomic mass is 16.5. The maximum Gasteiger partial charge on any atom is 0.251 e. The molecule has 0 spiro atoms. The fourth-order valence-corrected chi connectivity index (χ4v) is 3.49. The van der Waals surface area contributed by atoms with Crippen LogP contribution in [0.15, 0.2) is 24.3 Å². The Labute approximate surface area is 156 Å². The Hall–Kier alpha value is -1.59. The van der Waals surface area contributed by atoms with E-state index in [0.717, 1.165) is 38.3 Å². The first-order chi connectivity index (χ1) is 12.5. The average molecular weight is 360 g/mol. The van der Waals surface area contributed by atoms with Gasteiger partial charge in [0.25, 0.3) is 5.91 Å². The summed E-state index contributed by atoms with van der Waals surface area (Å²) >= 11 is 0. The Bertz CT molecular complexity index is 583. The van der Waals surface area contributed by atoms with Crippen molar-refractivity contribution in [3.63, 3.8) is 0 Å². The van der Waals surface area contributed by atoms with Crippen LogP contribution in [0.25, 0.3) is 0 Å². The number of amides is 1. The number of rotatable bonds is 7. The SMILES string of the molecule is CC(C)CN1CCC[C@@H](O)[C@H](NC(=O)c2ccc(OCC3CC3)cc2)C1. The fraction of sp³-hybridized carbons (Fsp3) is 0.667. The predicted octanol–water partition coefficient (Wildman–Crippen LogP) is 2.69. The third-order valence-electron chi connectivity index (χ3n) is 5.13. The van der Waals surface area contributed by atoms with Gasteiger partial charge < -0.3 is 20.1 Å². The van der Waals surface area contributed by atoms with Gasteiger partial charge in [-0.1, -0.05) is 13.8 Å². The molecule has 1 aromatic rings. The lowest BCUT2D eigenvalue weighted by molar-refractivity contribution is 0.0796. The Morgan fingerprint density at radius 2 is 2.00 bits per heavy atom. The predicted molar refractivity (Wildman–Crippen MR) is 102 cm³/mol. The van der Waals surface area contributed by atoms with Crippen molar-refractivity contribution in [2.75, 3.05) is 26.2 Å². The number of aliphatic hydroxyl groups excluding tert-OH is 1. The molecule has 2 fully saturated rings. The van der Waals surface area contributed by atoms with Gasteiger partial charge in [0.1, 0.15) is 5.75 Å². The first-order valence-electron chi connectivity index (χ1n) is 9.95. The van der Waals surface area contributed by atoms with Crippen molar-refractivity contribution in [3.05, 3.63) is 29.8 Å². The highest BCUT2D eigenvalue weighted by molar-refractivity contribution is 5.94.